The summed E-state index contributed by atoms with van der Waals surface area (Å²) in [6.07, 6.45) is 4.93. The molecule has 1 saturated heterocycles. The van der Waals surface area contributed by atoms with Gasteiger partial charge in [0.1, 0.15) is 23.4 Å². The van der Waals surface area contributed by atoms with Gasteiger partial charge < -0.3 is 15.5 Å². The minimum Gasteiger partial charge on any atom is -0.371 e. The molecule has 1 aliphatic heterocycles. The molecule has 0 unspecified atom stereocenters. The Morgan fingerprint density at radius 2 is 1.85 bits per heavy atom. The number of fused-ring (bicyclic) bond motifs is 1. The van der Waals surface area contributed by atoms with Gasteiger partial charge in [0, 0.05) is 49.5 Å². The number of halogens is 4. The summed E-state index contributed by atoms with van der Waals surface area (Å²) in [7, 11) is 3.51. The number of carbonyl (C=O) groups excluding carboxylic acids is 1. The molecule has 246 valence electrons. The van der Waals surface area contributed by atoms with Crippen LogP contribution in [0, 0.1) is 23.0 Å². The highest BCUT2D eigenvalue weighted by atomic mass is 35.5. The van der Waals surface area contributed by atoms with Gasteiger partial charge in [-0.3, -0.25) is 14.7 Å². The fourth-order valence-electron chi connectivity index (χ4n) is 5.73. The topological polar surface area (TPSA) is 115 Å². The first-order chi connectivity index (χ1) is 23.1. The number of amides is 1. The Bertz CT molecular complexity index is 2010. The number of likely N-dealkylation sites (tertiary alicyclic amines) is 1. The zero-order chi connectivity index (χ0) is 33.9. The third kappa shape index (κ3) is 7.18. The number of nitrogens with one attached hydrogen (secondary N) is 2. The minimum absolute atomic E-state index is 0.0688. The lowest BCUT2D eigenvalue weighted by Gasteiger charge is -2.31. The summed E-state index contributed by atoms with van der Waals surface area (Å²) >= 11 is 12.7. The Balaban J connectivity index is 1.33. The number of nitrogens with zero attached hydrogens (tertiary/aromatic N) is 7. The Morgan fingerprint density at radius 3 is 2.54 bits per heavy atom. The molecule has 1 atom stereocenters. The van der Waals surface area contributed by atoms with E-state index in [1.165, 1.54) is 36.5 Å². The van der Waals surface area contributed by atoms with E-state index in [-0.39, 0.29) is 28.4 Å². The molecule has 2 aromatic heterocycles. The zero-order valence-electron chi connectivity index (χ0n) is 26.1. The normalized spacial score (nSPS) is 14.4. The summed E-state index contributed by atoms with van der Waals surface area (Å²) in [5.41, 5.74) is 3.47. The monoisotopic (exact) mass is 689 g/mol. The van der Waals surface area contributed by atoms with Crippen molar-refractivity contribution in [3.8, 4) is 6.07 Å². The second kappa shape index (κ2) is 14.1. The smallest absolute Gasteiger partial charge is 0.236 e. The second-order valence-electron chi connectivity index (χ2n) is 11.8. The number of benzene rings is 3. The van der Waals surface area contributed by atoms with Crippen LogP contribution in [0.4, 0.5) is 25.8 Å². The molecule has 0 spiro atoms. The van der Waals surface area contributed by atoms with Crippen molar-refractivity contribution in [3.63, 3.8) is 0 Å². The van der Waals surface area contributed by atoms with Gasteiger partial charge in [0.2, 0.25) is 5.91 Å². The van der Waals surface area contributed by atoms with Gasteiger partial charge in [-0.1, -0.05) is 40.5 Å². The van der Waals surface area contributed by atoms with E-state index in [0.29, 0.717) is 45.2 Å². The van der Waals surface area contributed by atoms with Crippen LogP contribution >= 0.6 is 23.2 Å². The lowest BCUT2D eigenvalue weighted by molar-refractivity contribution is -0.130. The molecule has 6 rings (SSSR count). The van der Waals surface area contributed by atoms with Gasteiger partial charge in [-0.25, -0.2) is 13.5 Å². The molecule has 0 radical (unpaired) electrons. The predicted octanol–water partition coefficient (Wildman–Crippen LogP) is 6.95. The third-order valence-corrected chi connectivity index (χ3v) is 8.87. The van der Waals surface area contributed by atoms with Crippen LogP contribution in [0.3, 0.4) is 0 Å². The van der Waals surface area contributed by atoms with Gasteiger partial charge in [-0.05, 0) is 60.9 Å². The third-order valence-electron chi connectivity index (χ3n) is 8.36. The number of rotatable bonds is 9. The maximum Gasteiger partial charge on any atom is 0.236 e. The second-order valence-corrected chi connectivity index (χ2v) is 12.7. The summed E-state index contributed by atoms with van der Waals surface area (Å²) in [6.45, 7) is 1.89. The number of likely N-dealkylation sites (N-methyl/N-ethyl adjacent to an activating group) is 1. The Hall–Kier alpha value is -4.83. The Kier molecular flexibility index (Phi) is 9.73. The standard InChI is InChI=1S/C34H31Cl2F2N9O/c1-45(2)31(48)19-46-11-9-25(10-12-46)47-18-30(43-44-47)33(20-3-5-23(37)6-4-20)42-29-14-22(35)13-26-32(21(16-39)17-40-34(26)29)41-24-7-8-28(38)27(36)15-24/h3-8,13-15,17-18,25,33,42H,9-12,19H2,1-2H3,(H,40,41)/t33-/m0/s1. The highest BCUT2D eigenvalue weighted by Gasteiger charge is 2.26. The molecule has 0 aliphatic carbocycles. The van der Waals surface area contributed by atoms with Gasteiger partial charge in [-0.2, -0.15) is 5.26 Å². The van der Waals surface area contributed by atoms with E-state index >= 15 is 0 Å². The quantitative estimate of drug-likeness (QED) is 0.171. The lowest BCUT2D eigenvalue weighted by atomic mass is 10.0. The average molecular weight is 691 g/mol. The van der Waals surface area contributed by atoms with Crippen molar-refractivity contribution in [2.75, 3.05) is 44.4 Å². The van der Waals surface area contributed by atoms with E-state index in [1.54, 1.807) is 43.3 Å². The van der Waals surface area contributed by atoms with Gasteiger partial charge >= 0.3 is 0 Å². The highest BCUT2D eigenvalue weighted by molar-refractivity contribution is 6.32. The summed E-state index contributed by atoms with van der Waals surface area (Å²) in [4.78, 5) is 20.5. The van der Waals surface area contributed by atoms with E-state index < -0.39 is 11.9 Å². The molecule has 1 amide bonds. The Labute approximate surface area is 285 Å². The van der Waals surface area contributed by atoms with Gasteiger partial charge in [0.25, 0.3) is 0 Å². The van der Waals surface area contributed by atoms with Crippen LogP contribution in [0.25, 0.3) is 10.9 Å². The molecule has 1 fully saturated rings. The predicted molar refractivity (Wildman–Crippen MR) is 181 cm³/mol. The maximum absolute atomic E-state index is 14.0. The first kappa shape index (κ1) is 33.1. The molecule has 10 nitrogen and oxygen atoms in total. The first-order valence-corrected chi connectivity index (χ1v) is 16.0. The number of pyridine rings is 1. The number of anilines is 3. The van der Waals surface area contributed by atoms with E-state index in [2.05, 4.69) is 36.9 Å². The molecule has 3 heterocycles. The highest BCUT2D eigenvalue weighted by Crippen LogP contribution is 2.38. The maximum atomic E-state index is 14.0. The molecule has 0 saturated carbocycles. The largest absolute Gasteiger partial charge is 0.371 e. The molecule has 3 aromatic carbocycles. The van der Waals surface area contributed by atoms with Crippen LogP contribution in [0.1, 0.15) is 41.7 Å². The SMILES string of the molecule is CN(C)C(=O)CN1CCC(n2cc([C@@H](Nc3cc(Cl)cc4c(Nc5ccc(F)c(Cl)c5)c(C#N)cnc34)c3ccc(F)cc3)nn2)CC1. The van der Waals surface area contributed by atoms with Crippen molar-refractivity contribution in [2.45, 2.75) is 24.9 Å². The van der Waals surface area contributed by atoms with Crippen molar-refractivity contribution >= 4 is 57.1 Å². The first-order valence-electron chi connectivity index (χ1n) is 15.2. The molecule has 14 heteroatoms. The molecule has 48 heavy (non-hydrogen) atoms. The van der Waals surface area contributed by atoms with E-state index in [4.69, 9.17) is 23.2 Å². The van der Waals surface area contributed by atoms with Crippen molar-refractivity contribution in [2.24, 2.45) is 0 Å². The van der Waals surface area contributed by atoms with E-state index in [9.17, 15) is 18.8 Å². The van der Waals surface area contributed by atoms with Crippen molar-refractivity contribution in [3.05, 3.63) is 105 Å². The van der Waals surface area contributed by atoms with Crippen LogP contribution in [0.2, 0.25) is 10.0 Å². The fourth-order valence-corrected chi connectivity index (χ4v) is 6.13. The van der Waals surface area contributed by atoms with Crippen LogP contribution in [0.15, 0.2) is 67.0 Å². The lowest BCUT2D eigenvalue weighted by Crippen LogP contribution is -2.41. The van der Waals surface area contributed by atoms with Gasteiger partial charge in [-0.15, -0.1) is 5.10 Å². The summed E-state index contributed by atoms with van der Waals surface area (Å²) < 4.78 is 29.7. The molecule has 0 bridgehead atoms. The number of piperidine rings is 1. The number of hydrogen-bond acceptors (Lipinski definition) is 8. The fraction of sp³-hybridized carbons (Fsp3) is 0.265. The molecular weight excluding hydrogens is 659 g/mol. The van der Waals surface area contributed by atoms with Gasteiger partial charge in [0.15, 0.2) is 0 Å². The van der Waals surface area contributed by atoms with Crippen LogP contribution in [0.5, 0.6) is 0 Å². The van der Waals surface area contributed by atoms with Gasteiger partial charge in [0.05, 0.1) is 52.3 Å². The molecule has 5 aromatic rings. The van der Waals surface area contributed by atoms with Crippen LogP contribution in [-0.4, -0.2) is 69.4 Å². The number of aromatic nitrogens is 4. The van der Waals surface area contributed by atoms with Crippen molar-refractivity contribution in [1.82, 2.24) is 29.8 Å². The minimum atomic E-state index is -0.580. The molecule has 1 aliphatic rings. The molecule has 2 N–H and O–H groups in total. The molecular formula is C34H31Cl2F2N9O. The number of nitriles is 1. The Morgan fingerprint density at radius 1 is 1.10 bits per heavy atom. The number of hydrogen-bond donors (Lipinski definition) is 2. The summed E-state index contributed by atoms with van der Waals surface area (Å²) in [5, 5.41) is 26.4. The zero-order valence-corrected chi connectivity index (χ0v) is 27.6. The van der Waals surface area contributed by atoms with Crippen molar-refractivity contribution in [1.29, 1.82) is 5.26 Å². The van der Waals surface area contributed by atoms with E-state index in [0.717, 1.165) is 31.5 Å². The summed E-state index contributed by atoms with van der Waals surface area (Å²) in [6, 6.07) is 15.3. The summed E-state index contributed by atoms with van der Waals surface area (Å²) in [5.74, 6) is -0.877. The van der Waals surface area contributed by atoms with E-state index in [1.807, 2.05) is 10.9 Å². The van der Waals surface area contributed by atoms with Crippen LogP contribution in [-0.2, 0) is 4.79 Å². The average Bonchev–Trinajstić information content (AvgIpc) is 3.56. The van der Waals surface area contributed by atoms with Crippen LogP contribution < -0.4 is 10.6 Å². The van der Waals surface area contributed by atoms with Crippen molar-refractivity contribution < 1.29 is 13.6 Å². The number of carbonyl (C=O) groups is 1.